The number of amides is 2. The summed E-state index contributed by atoms with van der Waals surface area (Å²) in [5.41, 5.74) is 0.926. The third-order valence-electron chi connectivity index (χ3n) is 5.62. The van der Waals surface area contributed by atoms with Crippen molar-refractivity contribution in [3.8, 4) is 0 Å². The molecule has 0 saturated carbocycles. The van der Waals surface area contributed by atoms with Gasteiger partial charge >= 0.3 is 0 Å². The van der Waals surface area contributed by atoms with E-state index in [2.05, 4.69) is 15.6 Å². The zero-order valence-corrected chi connectivity index (χ0v) is 16.7. The molecule has 29 heavy (non-hydrogen) atoms. The minimum atomic E-state index is -0.412. The normalized spacial score (nSPS) is 25.3. The minimum absolute atomic E-state index is 0.0172. The minimum Gasteiger partial charge on any atom is -0.394 e. The zero-order chi connectivity index (χ0) is 20.5. The van der Waals surface area contributed by atoms with Gasteiger partial charge in [0.25, 0.3) is 0 Å². The Morgan fingerprint density at radius 2 is 1.90 bits per heavy atom. The number of aromatic nitrogens is 1. The first-order chi connectivity index (χ1) is 14.2. The highest BCUT2D eigenvalue weighted by Crippen LogP contribution is 2.23. The van der Waals surface area contributed by atoms with E-state index in [0.717, 1.165) is 31.2 Å². The Hall–Kier alpha value is -2.03. The molecule has 0 aliphatic carbocycles. The summed E-state index contributed by atoms with van der Waals surface area (Å²) in [6.45, 7) is 1.63. The van der Waals surface area contributed by atoms with Gasteiger partial charge in [-0.3, -0.25) is 14.6 Å². The molecule has 3 atom stereocenters. The van der Waals surface area contributed by atoms with Gasteiger partial charge in [-0.1, -0.05) is 0 Å². The van der Waals surface area contributed by atoms with E-state index in [9.17, 15) is 14.7 Å². The van der Waals surface area contributed by atoms with Crippen molar-refractivity contribution in [2.24, 2.45) is 5.92 Å². The highest BCUT2D eigenvalue weighted by atomic mass is 16.5. The van der Waals surface area contributed by atoms with E-state index in [1.807, 2.05) is 12.1 Å². The maximum absolute atomic E-state index is 12.5. The number of carbonyl (C=O) groups is 2. The number of aliphatic hydroxyl groups is 1. The number of rotatable bonds is 8. The maximum atomic E-state index is 12.5. The molecule has 0 unspecified atom stereocenters. The topological polar surface area (TPSA) is 110 Å². The highest BCUT2D eigenvalue weighted by molar-refractivity contribution is 5.79. The summed E-state index contributed by atoms with van der Waals surface area (Å²) in [5.74, 6) is -0.0223. The first-order valence-electron chi connectivity index (χ1n) is 10.5. The molecule has 3 heterocycles. The van der Waals surface area contributed by atoms with Gasteiger partial charge in [-0.15, -0.1) is 0 Å². The predicted octanol–water partition coefficient (Wildman–Crippen LogP) is 0.582. The molecule has 1 aromatic rings. The second kappa shape index (κ2) is 11.2. The van der Waals surface area contributed by atoms with E-state index < -0.39 is 6.10 Å². The summed E-state index contributed by atoms with van der Waals surface area (Å²) in [6.07, 6.45) is 6.93. The number of aliphatic hydroxyl groups excluding tert-OH is 1. The first-order valence-corrected chi connectivity index (χ1v) is 10.5. The maximum Gasteiger partial charge on any atom is 0.224 e. The average Bonchev–Trinajstić information content (AvgIpc) is 2.76. The molecule has 3 N–H and O–H groups in total. The van der Waals surface area contributed by atoms with Gasteiger partial charge in [0, 0.05) is 38.1 Å². The Balaban J connectivity index is 1.37. The van der Waals surface area contributed by atoms with Crippen molar-refractivity contribution >= 4 is 11.8 Å². The molecule has 0 bridgehead atoms. The molecule has 2 fully saturated rings. The number of hydrogen-bond donors (Lipinski definition) is 3. The second-order valence-corrected chi connectivity index (χ2v) is 7.73. The fourth-order valence-electron chi connectivity index (χ4n) is 3.89. The van der Waals surface area contributed by atoms with Crippen LogP contribution in [0.25, 0.3) is 0 Å². The Labute approximate surface area is 171 Å². The van der Waals surface area contributed by atoms with Gasteiger partial charge in [-0.05, 0) is 49.8 Å². The smallest absolute Gasteiger partial charge is 0.224 e. The molecule has 160 valence electrons. The van der Waals surface area contributed by atoms with E-state index in [1.54, 1.807) is 12.4 Å². The van der Waals surface area contributed by atoms with Crippen LogP contribution in [0.1, 0.15) is 37.7 Å². The molecule has 1 aromatic heterocycles. The number of hydrogen-bond acceptors (Lipinski definition) is 6. The SMILES string of the molecule is O=C(Cc1ccncc1)NCC[C@H]1CC[C@@H](NC(=O)C2CCOCC2)[C@@H](CO)O1. The van der Waals surface area contributed by atoms with Crippen molar-refractivity contribution in [2.45, 2.75) is 56.8 Å². The molecule has 3 rings (SSSR count). The lowest BCUT2D eigenvalue weighted by atomic mass is 9.94. The van der Waals surface area contributed by atoms with Crippen LogP contribution >= 0.6 is 0 Å². The van der Waals surface area contributed by atoms with Crippen LogP contribution in [0.4, 0.5) is 0 Å². The van der Waals surface area contributed by atoms with Crippen molar-refractivity contribution in [2.75, 3.05) is 26.4 Å². The summed E-state index contributed by atoms with van der Waals surface area (Å²) in [6, 6.07) is 3.47. The molecule has 2 aliphatic heterocycles. The quantitative estimate of drug-likeness (QED) is 0.584. The van der Waals surface area contributed by atoms with E-state index >= 15 is 0 Å². The first kappa shape index (κ1) is 21.7. The Morgan fingerprint density at radius 1 is 1.14 bits per heavy atom. The van der Waals surface area contributed by atoms with Crippen molar-refractivity contribution in [3.63, 3.8) is 0 Å². The van der Waals surface area contributed by atoms with Crippen LogP contribution < -0.4 is 10.6 Å². The van der Waals surface area contributed by atoms with Crippen LogP contribution in [0.2, 0.25) is 0 Å². The number of carbonyl (C=O) groups excluding carboxylic acids is 2. The predicted molar refractivity (Wildman–Crippen MR) is 106 cm³/mol. The van der Waals surface area contributed by atoms with Gasteiger partial charge < -0.3 is 25.2 Å². The van der Waals surface area contributed by atoms with Crippen molar-refractivity contribution < 1.29 is 24.2 Å². The lowest BCUT2D eigenvalue weighted by molar-refractivity contribution is -0.135. The van der Waals surface area contributed by atoms with Crippen molar-refractivity contribution in [1.82, 2.24) is 15.6 Å². The molecule has 2 aliphatic rings. The number of nitrogens with one attached hydrogen (secondary N) is 2. The van der Waals surface area contributed by atoms with E-state index in [4.69, 9.17) is 9.47 Å². The number of ether oxygens (including phenoxy) is 2. The average molecular weight is 405 g/mol. The van der Waals surface area contributed by atoms with Crippen LogP contribution in [-0.2, 0) is 25.5 Å². The summed E-state index contributed by atoms with van der Waals surface area (Å²) in [7, 11) is 0. The molecule has 2 amide bonds. The number of pyridine rings is 1. The molecule has 0 aromatic carbocycles. The van der Waals surface area contributed by atoms with Gasteiger partial charge in [-0.2, -0.15) is 0 Å². The van der Waals surface area contributed by atoms with Gasteiger partial charge in [0.1, 0.15) is 6.10 Å². The molecular formula is C21H31N3O5. The van der Waals surface area contributed by atoms with Crippen molar-refractivity contribution in [3.05, 3.63) is 30.1 Å². The van der Waals surface area contributed by atoms with Crippen molar-refractivity contribution in [1.29, 1.82) is 0 Å². The second-order valence-electron chi connectivity index (χ2n) is 7.73. The van der Waals surface area contributed by atoms with Gasteiger partial charge in [0.15, 0.2) is 0 Å². The van der Waals surface area contributed by atoms with E-state index in [-0.39, 0.29) is 36.5 Å². The number of nitrogens with zero attached hydrogens (tertiary/aromatic N) is 1. The van der Waals surface area contributed by atoms with E-state index in [1.165, 1.54) is 0 Å². The fourth-order valence-corrected chi connectivity index (χ4v) is 3.89. The molecule has 0 radical (unpaired) electrons. The molecule has 8 heteroatoms. The Morgan fingerprint density at radius 3 is 2.62 bits per heavy atom. The van der Waals surface area contributed by atoms with Crippen LogP contribution in [-0.4, -0.2) is 66.5 Å². The largest absolute Gasteiger partial charge is 0.394 e. The Bertz CT molecular complexity index is 651. The van der Waals surface area contributed by atoms with E-state index in [0.29, 0.717) is 32.6 Å². The standard InChI is InChI=1S/C21H31N3O5/c25-14-19-18(24-21(27)16-6-11-28-12-7-16)2-1-17(29-19)5-10-23-20(26)13-15-3-8-22-9-4-15/h3-4,8-9,16-19,25H,1-2,5-7,10-14H2,(H,23,26)(H,24,27)/t17-,18-,19-/m1/s1. The monoisotopic (exact) mass is 405 g/mol. The Kier molecular flexibility index (Phi) is 8.39. The summed E-state index contributed by atoms with van der Waals surface area (Å²) in [5, 5.41) is 15.7. The zero-order valence-electron chi connectivity index (χ0n) is 16.7. The van der Waals surface area contributed by atoms with Crippen LogP contribution in [0.5, 0.6) is 0 Å². The molecular weight excluding hydrogens is 374 g/mol. The van der Waals surface area contributed by atoms with Gasteiger partial charge in [-0.25, -0.2) is 0 Å². The third-order valence-corrected chi connectivity index (χ3v) is 5.62. The van der Waals surface area contributed by atoms with Crippen LogP contribution in [0, 0.1) is 5.92 Å². The summed E-state index contributed by atoms with van der Waals surface area (Å²) >= 11 is 0. The molecule has 8 nitrogen and oxygen atoms in total. The third kappa shape index (κ3) is 6.76. The lowest BCUT2D eigenvalue weighted by Gasteiger charge is -2.37. The lowest BCUT2D eigenvalue weighted by Crippen LogP contribution is -2.52. The van der Waals surface area contributed by atoms with Gasteiger partial charge in [0.2, 0.25) is 11.8 Å². The fraction of sp³-hybridized carbons (Fsp3) is 0.667. The summed E-state index contributed by atoms with van der Waals surface area (Å²) < 4.78 is 11.3. The highest BCUT2D eigenvalue weighted by Gasteiger charge is 2.33. The van der Waals surface area contributed by atoms with Gasteiger partial charge in [0.05, 0.1) is 25.2 Å². The van der Waals surface area contributed by atoms with Crippen LogP contribution in [0.15, 0.2) is 24.5 Å². The summed E-state index contributed by atoms with van der Waals surface area (Å²) in [4.78, 5) is 28.4. The molecule has 0 spiro atoms. The molecule has 2 saturated heterocycles. The van der Waals surface area contributed by atoms with Crippen LogP contribution in [0.3, 0.4) is 0 Å².